The Labute approximate surface area is 190 Å². The molecule has 3 aromatic rings. The highest BCUT2D eigenvalue weighted by atomic mass is 32.1. The number of esters is 1. The van der Waals surface area contributed by atoms with E-state index in [1.165, 1.54) is 11.3 Å². The largest absolute Gasteiger partial charge is 0.465 e. The summed E-state index contributed by atoms with van der Waals surface area (Å²) in [6, 6.07) is 8.00. The fourth-order valence-electron chi connectivity index (χ4n) is 2.70. The first-order valence-corrected chi connectivity index (χ1v) is 10.7. The molecule has 0 bridgehead atoms. The van der Waals surface area contributed by atoms with Crippen LogP contribution >= 0.6 is 11.3 Å². The molecule has 2 aromatic heterocycles. The van der Waals surface area contributed by atoms with Gasteiger partial charge in [-0.25, -0.2) is 14.8 Å². The standard InChI is InChI=1S/C20H17BF3N3O2S.C2H6/c1-10(2)15-16(11-4-6-13(21)7-5-11)30-19(26-15)27-17-14(18(28)29-3)8-12(9-25-17)20(22,23)24;1-2/h4-10H,1-3H3,(H,25,26,27);1-2H3. The van der Waals surface area contributed by atoms with Crippen molar-refractivity contribution in [2.75, 3.05) is 12.4 Å². The van der Waals surface area contributed by atoms with Crippen LogP contribution in [0.3, 0.4) is 0 Å². The fourth-order valence-corrected chi connectivity index (χ4v) is 3.83. The van der Waals surface area contributed by atoms with E-state index in [9.17, 15) is 18.0 Å². The highest BCUT2D eigenvalue weighted by Crippen LogP contribution is 2.38. The van der Waals surface area contributed by atoms with Crippen LogP contribution in [-0.4, -0.2) is 30.9 Å². The highest BCUT2D eigenvalue weighted by molar-refractivity contribution is 7.19. The van der Waals surface area contributed by atoms with E-state index in [-0.39, 0.29) is 17.3 Å². The van der Waals surface area contributed by atoms with Gasteiger partial charge in [0.05, 0.1) is 23.2 Å². The Hall–Kier alpha value is -2.88. The Morgan fingerprint density at radius 3 is 2.34 bits per heavy atom. The number of alkyl halides is 3. The van der Waals surface area contributed by atoms with E-state index in [0.29, 0.717) is 22.9 Å². The third-order valence-corrected chi connectivity index (χ3v) is 5.25. The number of methoxy groups -OCH3 is 1. The molecule has 2 heterocycles. The second-order valence-corrected chi connectivity index (χ2v) is 7.74. The summed E-state index contributed by atoms with van der Waals surface area (Å²) >= 11 is 1.30. The van der Waals surface area contributed by atoms with Crippen LogP contribution < -0.4 is 10.8 Å². The minimum Gasteiger partial charge on any atom is -0.465 e. The van der Waals surface area contributed by atoms with Gasteiger partial charge in [-0.2, -0.15) is 13.2 Å². The fraction of sp³-hybridized carbons (Fsp3) is 0.318. The number of halogens is 3. The van der Waals surface area contributed by atoms with E-state index in [1.54, 1.807) is 12.1 Å². The van der Waals surface area contributed by atoms with Gasteiger partial charge in [-0.15, -0.1) is 0 Å². The summed E-state index contributed by atoms with van der Waals surface area (Å²) in [6.07, 6.45) is -3.98. The molecule has 0 saturated carbocycles. The van der Waals surface area contributed by atoms with Crippen LogP contribution in [0.2, 0.25) is 0 Å². The predicted molar refractivity (Wildman–Crippen MR) is 122 cm³/mol. The van der Waals surface area contributed by atoms with Crippen LogP contribution in [0.25, 0.3) is 10.4 Å². The maximum Gasteiger partial charge on any atom is 0.417 e. The summed E-state index contributed by atoms with van der Waals surface area (Å²) in [5.41, 5.74) is 0.968. The second kappa shape index (κ2) is 10.6. The van der Waals surface area contributed by atoms with Gasteiger partial charge in [0.1, 0.15) is 19.2 Å². The lowest BCUT2D eigenvalue weighted by atomic mass is 9.94. The number of aromatic nitrogens is 2. The normalized spacial score (nSPS) is 11.0. The molecule has 1 N–H and O–H groups in total. The molecule has 168 valence electrons. The molecule has 0 fully saturated rings. The van der Waals surface area contributed by atoms with Crippen molar-refractivity contribution in [2.24, 2.45) is 0 Å². The second-order valence-electron chi connectivity index (χ2n) is 6.74. The molecule has 0 saturated heterocycles. The molecule has 0 unspecified atom stereocenters. The number of nitrogens with one attached hydrogen (secondary N) is 1. The number of hydrogen-bond acceptors (Lipinski definition) is 6. The smallest absolute Gasteiger partial charge is 0.417 e. The minimum absolute atomic E-state index is 0.0669. The van der Waals surface area contributed by atoms with Crippen LogP contribution in [0.5, 0.6) is 0 Å². The van der Waals surface area contributed by atoms with Crippen LogP contribution in [-0.2, 0) is 10.9 Å². The number of anilines is 2. The van der Waals surface area contributed by atoms with Crippen molar-refractivity contribution in [3.63, 3.8) is 0 Å². The Kier molecular flexibility index (Phi) is 8.43. The third kappa shape index (κ3) is 5.88. The Morgan fingerprint density at radius 2 is 1.81 bits per heavy atom. The molecule has 0 aliphatic carbocycles. The van der Waals surface area contributed by atoms with Crippen molar-refractivity contribution < 1.29 is 22.7 Å². The Morgan fingerprint density at radius 1 is 1.19 bits per heavy atom. The summed E-state index contributed by atoms with van der Waals surface area (Å²) < 4.78 is 43.7. The summed E-state index contributed by atoms with van der Waals surface area (Å²) in [5, 5.41) is 3.26. The number of nitrogens with zero attached hydrogens (tertiary/aromatic N) is 2. The quantitative estimate of drug-likeness (QED) is 0.390. The third-order valence-electron chi connectivity index (χ3n) is 4.22. The average molecular weight is 461 g/mol. The zero-order valence-electron chi connectivity index (χ0n) is 18.4. The molecule has 0 aliphatic rings. The van der Waals surface area contributed by atoms with Gasteiger partial charge in [0.25, 0.3) is 0 Å². The van der Waals surface area contributed by atoms with Gasteiger partial charge in [0.15, 0.2) is 5.13 Å². The Bertz CT molecular complexity index is 1070. The van der Waals surface area contributed by atoms with Gasteiger partial charge in [-0.1, -0.05) is 68.8 Å². The first-order valence-electron chi connectivity index (χ1n) is 9.89. The van der Waals surface area contributed by atoms with Gasteiger partial charge in [-0.3, -0.25) is 0 Å². The van der Waals surface area contributed by atoms with E-state index >= 15 is 0 Å². The van der Waals surface area contributed by atoms with E-state index < -0.39 is 17.7 Å². The van der Waals surface area contributed by atoms with Crippen LogP contribution in [0, 0.1) is 0 Å². The summed E-state index contributed by atoms with van der Waals surface area (Å²) in [4.78, 5) is 21.3. The Balaban J connectivity index is 0.00000176. The first kappa shape index (κ1) is 25.4. The van der Waals surface area contributed by atoms with Crippen LogP contribution in [0.1, 0.15) is 55.2 Å². The number of rotatable bonds is 5. The number of ether oxygens (including phenoxy) is 1. The number of pyridine rings is 1. The molecule has 3 rings (SSSR count). The molecule has 32 heavy (non-hydrogen) atoms. The number of carbonyl (C=O) groups is 1. The molecular formula is C22H23BF3N3O2S. The molecule has 0 aliphatic heterocycles. The monoisotopic (exact) mass is 461 g/mol. The average Bonchev–Trinajstić information content (AvgIpc) is 3.19. The van der Waals surface area contributed by atoms with Crippen molar-refractivity contribution in [1.82, 2.24) is 9.97 Å². The molecule has 2 radical (unpaired) electrons. The SMILES string of the molecule is CC.[B]c1ccc(-c2sc(Nc3ncc(C(F)(F)F)cc3C(=O)OC)nc2C(C)C)cc1. The number of thiazole rings is 1. The lowest BCUT2D eigenvalue weighted by Gasteiger charge is -2.11. The minimum atomic E-state index is -4.64. The van der Waals surface area contributed by atoms with Gasteiger partial charge in [0, 0.05) is 6.20 Å². The molecular weight excluding hydrogens is 438 g/mol. The topological polar surface area (TPSA) is 64.1 Å². The first-order chi connectivity index (χ1) is 15.1. The van der Waals surface area contributed by atoms with Crippen molar-refractivity contribution >= 4 is 41.6 Å². The highest BCUT2D eigenvalue weighted by Gasteiger charge is 2.33. The van der Waals surface area contributed by atoms with Gasteiger partial charge in [-0.05, 0) is 17.5 Å². The maximum absolute atomic E-state index is 13.0. The summed E-state index contributed by atoms with van der Waals surface area (Å²) in [5.74, 6) is -0.914. The van der Waals surface area contributed by atoms with E-state index in [4.69, 9.17) is 7.85 Å². The van der Waals surface area contributed by atoms with Gasteiger partial charge >= 0.3 is 12.1 Å². The molecule has 5 nitrogen and oxygen atoms in total. The zero-order valence-corrected chi connectivity index (χ0v) is 19.2. The lowest BCUT2D eigenvalue weighted by Crippen LogP contribution is -2.12. The molecule has 10 heteroatoms. The maximum atomic E-state index is 13.0. The molecule has 1 aromatic carbocycles. The lowest BCUT2D eigenvalue weighted by molar-refractivity contribution is -0.137. The summed E-state index contributed by atoms with van der Waals surface area (Å²) in [7, 11) is 6.84. The number of benzene rings is 1. The van der Waals surface area contributed by atoms with Crippen LogP contribution in [0.4, 0.5) is 24.1 Å². The number of carbonyl (C=O) groups excluding carboxylic acids is 1. The van der Waals surface area contributed by atoms with Crippen molar-refractivity contribution in [3.8, 4) is 10.4 Å². The van der Waals surface area contributed by atoms with Gasteiger partial charge in [0.2, 0.25) is 0 Å². The molecule has 0 amide bonds. The van der Waals surface area contributed by atoms with E-state index in [1.807, 2.05) is 39.8 Å². The molecule has 0 atom stereocenters. The van der Waals surface area contributed by atoms with E-state index in [2.05, 4.69) is 20.0 Å². The van der Waals surface area contributed by atoms with E-state index in [0.717, 1.165) is 23.2 Å². The van der Waals surface area contributed by atoms with Crippen molar-refractivity contribution in [1.29, 1.82) is 0 Å². The summed E-state index contributed by atoms with van der Waals surface area (Å²) in [6.45, 7) is 7.96. The predicted octanol–water partition coefficient (Wildman–Crippen LogP) is 5.70. The van der Waals surface area contributed by atoms with Crippen molar-refractivity contribution in [2.45, 2.75) is 39.8 Å². The molecule has 0 spiro atoms. The van der Waals surface area contributed by atoms with Crippen molar-refractivity contribution in [3.05, 3.63) is 53.3 Å². The number of hydrogen-bond donors (Lipinski definition) is 1. The zero-order chi connectivity index (χ0) is 24.1. The van der Waals surface area contributed by atoms with Crippen LogP contribution in [0.15, 0.2) is 36.5 Å². The van der Waals surface area contributed by atoms with Gasteiger partial charge < -0.3 is 10.1 Å².